The van der Waals surface area contributed by atoms with Crippen LogP contribution in [0.3, 0.4) is 0 Å². The van der Waals surface area contributed by atoms with E-state index >= 15 is 0 Å². The minimum Gasteiger partial charge on any atom is -0.330 e. The summed E-state index contributed by atoms with van der Waals surface area (Å²) in [6.45, 7) is 2.29. The topological polar surface area (TPSA) is 87.2 Å². The standard InChI is InChI=1S/C12H17N3O2S/c1-2-18(16,17)15(9-5-8-13)12-7-4-3-6-11(12)10-14/h3-4,6-7H,2,5,8-9,13H2,1H3. The summed E-state index contributed by atoms with van der Waals surface area (Å²) in [6, 6.07) is 8.69. The smallest absolute Gasteiger partial charge is 0.234 e. The zero-order valence-electron chi connectivity index (χ0n) is 10.3. The van der Waals surface area contributed by atoms with Gasteiger partial charge in [-0.3, -0.25) is 4.31 Å². The van der Waals surface area contributed by atoms with Crippen molar-refractivity contribution in [3.05, 3.63) is 29.8 Å². The molecule has 0 aromatic heterocycles. The highest BCUT2D eigenvalue weighted by atomic mass is 32.2. The molecule has 1 aromatic carbocycles. The Balaban J connectivity index is 3.23. The molecular formula is C12H17N3O2S. The molecule has 0 fully saturated rings. The van der Waals surface area contributed by atoms with Gasteiger partial charge in [0.25, 0.3) is 0 Å². The summed E-state index contributed by atoms with van der Waals surface area (Å²) in [5.74, 6) is -0.00264. The molecule has 0 aliphatic carbocycles. The number of rotatable bonds is 6. The fourth-order valence-corrected chi connectivity index (χ4v) is 2.76. The molecule has 98 valence electrons. The molecule has 2 N–H and O–H groups in total. The normalized spacial score (nSPS) is 10.9. The summed E-state index contributed by atoms with van der Waals surface area (Å²) in [6.07, 6.45) is 0.555. The van der Waals surface area contributed by atoms with Crippen molar-refractivity contribution < 1.29 is 8.42 Å². The maximum atomic E-state index is 12.0. The van der Waals surface area contributed by atoms with Crippen LogP contribution in [0, 0.1) is 11.3 Å². The van der Waals surface area contributed by atoms with E-state index in [2.05, 4.69) is 0 Å². The van der Waals surface area contributed by atoms with E-state index in [1.165, 1.54) is 4.31 Å². The van der Waals surface area contributed by atoms with Crippen molar-refractivity contribution in [1.29, 1.82) is 5.26 Å². The zero-order chi connectivity index (χ0) is 13.6. The quantitative estimate of drug-likeness (QED) is 0.835. The van der Waals surface area contributed by atoms with Crippen molar-refractivity contribution in [2.45, 2.75) is 13.3 Å². The van der Waals surface area contributed by atoms with Gasteiger partial charge in [0.2, 0.25) is 10.0 Å². The van der Waals surface area contributed by atoms with E-state index in [0.29, 0.717) is 30.8 Å². The Labute approximate surface area is 108 Å². The molecule has 6 heteroatoms. The molecule has 0 amide bonds. The Morgan fingerprint density at radius 2 is 2.06 bits per heavy atom. The van der Waals surface area contributed by atoms with E-state index in [4.69, 9.17) is 11.0 Å². The van der Waals surface area contributed by atoms with Crippen LogP contribution >= 0.6 is 0 Å². The fourth-order valence-electron chi connectivity index (χ4n) is 1.59. The molecule has 1 rings (SSSR count). The Morgan fingerprint density at radius 1 is 1.39 bits per heavy atom. The number of nitriles is 1. The van der Waals surface area contributed by atoms with Crippen molar-refractivity contribution >= 4 is 15.7 Å². The third-order valence-electron chi connectivity index (χ3n) is 2.56. The maximum Gasteiger partial charge on any atom is 0.234 e. The fraction of sp³-hybridized carbons (Fsp3) is 0.417. The molecule has 0 aliphatic heterocycles. The number of nitrogens with zero attached hydrogens (tertiary/aromatic N) is 2. The molecule has 0 spiro atoms. The maximum absolute atomic E-state index is 12.0. The number of nitrogens with two attached hydrogens (primary N) is 1. The first-order valence-electron chi connectivity index (χ1n) is 5.76. The molecule has 0 unspecified atom stereocenters. The average Bonchev–Trinajstić information content (AvgIpc) is 2.39. The monoisotopic (exact) mass is 267 g/mol. The van der Waals surface area contributed by atoms with E-state index < -0.39 is 10.0 Å². The highest BCUT2D eigenvalue weighted by Gasteiger charge is 2.22. The van der Waals surface area contributed by atoms with Crippen LogP contribution in [-0.4, -0.2) is 27.3 Å². The van der Waals surface area contributed by atoms with E-state index in [1.54, 1.807) is 31.2 Å². The second-order valence-electron chi connectivity index (χ2n) is 3.74. The van der Waals surface area contributed by atoms with Gasteiger partial charge in [-0.2, -0.15) is 5.26 Å². The summed E-state index contributed by atoms with van der Waals surface area (Å²) in [5.41, 5.74) is 6.20. The van der Waals surface area contributed by atoms with E-state index in [9.17, 15) is 8.42 Å². The van der Waals surface area contributed by atoms with Crippen molar-refractivity contribution in [3.63, 3.8) is 0 Å². The highest BCUT2D eigenvalue weighted by Crippen LogP contribution is 2.23. The van der Waals surface area contributed by atoms with Crippen LogP contribution in [0.5, 0.6) is 0 Å². The molecule has 0 saturated carbocycles. The predicted octanol–water partition coefficient (Wildman–Crippen LogP) is 1.06. The van der Waals surface area contributed by atoms with Gasteiger partial charge in [0.05, 0.1) is 17.0 Å². The van der Waals surface area contributed by atoms with Gasteiger partial charge < -0.3 is 5.73 Å². The molecule has 0 heterocycles. The molecule has 0 radical (unpaired) electrons. The van der Waals surface area contributed by atoms with Gasteiger partial charge in [0.1, 0.15) is 6.07 Å². The van der Waals surface area contributed by atoms with Gasteiger partial charge in [0, 0.05) is 6.54 Å². The molecule has 0 saturated heterocycles. The Bertz CT molecular complexity index is 534. The predicted molar refractivity (Wildman–Crippen MR) is 71.6 cm³/mol. The van der Waals surface area contributed by atoms with Gasteiger partial charge >= 0.3 is 0 Å². The number of para-hydroxylation sites is 1. The van der Waals surface area contributed by atoms with Gasteiger partial charge in [-0.1, -0.05) is 12.1 Å². The molecule has 0 bridgehead atoms. The lowest BCUT2D eigenvalue weighted by molar-refractivity contribution is 0.590. The van der Waals surface area contributed by atoms with Crippen LogP contribution in [-0.2, 0) is 10.0 Å². The van der Waals surface area contributed by atoms with Crippen LogP contribution in [0.2, 0.25) is 0 Å². The van der Waals surface area contributed by atoms with Crippen molar-refractivity contribution in [2.75, 3.05) is 23.1 Å². The average molecular weight is 267 g/mol. The first-order chi connectivity index (χ1) is 8.56. The lowest BCUT2D eigenvalue weighted by atomic mass is 10.2. The lowest BCUT2D eigenvalue weighted by Crippen LogP contribution is -2.34. The zero-order valence-corrected chi connectivity index (χ0v) is 11.2. The molecule has 18 heavy (non-hydrogen) atoms. The largest absolute Gasteiger partial charge is 0.330 e. The second-order valence-corrected chi connectivity index (χ2v) is 5.93. The SMILES string of the molecule is CCS(=O)(=O)N(CCCN)c1ccccc1C#N. The third-order valence-corrected chi connectivity index (χ3v) is 4.34. The first kappa shape index (κ1) is 14.5. The van der Waals surface area contributed by atoms with Crippen molar-refractivity contribution in [1.82, 2.24) is 0 Å². The summed E-state index contributed by atoms with van der Waals surface area (Å²) in [7, 11) is -3.39. The van der Waals surface area contributed by atoms with Crippen LogP contribution in [0.25, 0.3) is 0 Å². The Hall–Kier alpha value is -1.58. The summed E-state index contributed by atoms with van der Waals surface area (Å²) < 4.78 is 25.4. The van der Waals surface area contributed by atoms with Gasteiger partial charge in [-0.25, -0.2) is 8.42 Å². The molecule has 1 aromatic rings. The van der Waals surface area contributed by atoms with E-state index in [1.807, 2.05) is 6.07 Å². The molecule has 0 atom stereocenters. The Morgan fingerprint density at radius 3 is 2.61 bits per heavy atom. The van der Waals surface area contributed by atoms with Crippen LogP contribution in [0.15, 0.2) is 24.3 Å². The number of hydrogen-bond donors (Lipinski definition) is 1. The summed E-state index contributed by atoms with van der Waals surface area (Å²) in [4.78, 5) is 0. The van der Waals surface area contributed by atoms with Crippen molar-refractivity contribution in [3.8, 4) is 6.07 Å². The number of anilines is 1. The summed E-state index contributed by atoms with van der Waals surface area (Å²) >= 11 is 0. The highest BCUT2D eigenvalue weighted by molar-refractivity contribution is 7.92. The minimum absolute atomic E-state index is 0.00264. The summed E-state index contributed by atoms with van der Waals surface area (Å²) in [5, 5.41) is 9.03. The number of sulfonamides is 1. The van der Waals surface area contributed by atoms with Crippen molar-refractivity contribution in [2.24, 2.45) is 5.73 Å². The minimum atomic E-state index is -3.39. The molecular weight excluding hydrogens is 250 g/mol. The number of benzene rings is 1. The van der Waals surface area contributed by atoms with Crippen LogP contribution in [0.4, 0.5) is 5.69 Å². The van der Waals surface area contributed by atoms with E-state index in [-0.39, 0.29) is 5.75 Å². The van der Waals surface area contributed by atoms with E-state index in [0.717, 1.165) is 0 Å². The Kier molecular flexibility index (Phi) is 5.13. The first-order valence-corrected chi connectivity index (χ1v) is 7.37. The van der Waals surface area contributed by atoms with Gasteiger partial charge in [-0.15, -0.1) is 0 Å². The molecule has 5 nitrogen and oxygen atoms in total. The lowest BCUT2D eigenvalue weighted by Gasteiger charge is -2.24. The number of hydrogen-bond acceptors (Lipinski definition) is 4. The third kappa shape index (κ3) is 3.22. The second kappa shape index (κ2) is 6.38. The molecule has 0 aliphatic rings. The van der Waals surface area contributed by atoms with Crippen LogP contribution in [0.1, 0.15) is 18.9 Å². The van der Waals surface area contributed by atoms with Crippen LogP contribution < -0.4 is 10.0 Å². The van der Waals surface area contributed by atoms with Gasteiger partial charge in [0.15, 0.2) is 0 Å². The van der Waals surface area contributed by atoms with Gasteiger partial charge in [-0.05, 0) is 32.0 Å².